The maximum atomic E-state index is 11.7. The van der Waals surface area contributed by atoms with Crippen LogP contribution < -0.4 is 0 Å². The third-order valence-electron chi connectivity index (χ3n) is 5.01. The van der Waals surface area contributed by atoms with Gasteiger partial charge in [-0.3, -0.25) is 4.90 Å². The molecule has 1 atom stereocenters. The van der Waals surface area contributed by atoms with Gasteiger partial charge in [0.25, 0.3) is 0 Å². The first-order chi connectivity index (χ1) is 11.4. The van der Waals surface area contributed by atoms with Crippen LogP contribution in [0.2, 0.25) is 0 Å². The topological polar surface area (TPSA) is 87.8 Å². The first kappa shape index (κ1) is 17.3. The Labute approximate surface area is 142 Å². The average molecular weight is 352 g/mol. The SMILES string of the molecule is CC[C@@]1(CO)CCCN(Cc2cnc3c(S(C)(=O)=O)cnn3c2)C1. The number of fused-ring (bicyclic) bond motifs is 1. The van der Waals surface area contributed by atoms with Crippen LogP contribution in [-0.4, -0.2) is 59.0 Å². The van der Waals surface area contributed by atoms with Gasteiger partial charge in [-0.2, -0.15) is 5.10 Å². The fourth-order valence-corrected chi connectivity index (χ4v) is 4.18. The maximum Gasteiger partial charge on any atom is 0.180 e. The summed E-state index contributed by atoms with van der Waals surface area (Å²) in [7, 11) is -3.33. The molecular weight excluding hydrogens is 328 g/mol. The highest BCUT2D eigenvalue weighted by molar-refractivity contribution is 7.90. The second-order valence-corrected chi connectivity index (χ2v) is 8.82. The number of piperidine rings is 1. The number of rotatable bonds is 5. The van der Waals surface area contributed by atoms with Crippen LogP contribution in [0.1, 0.15) is 31.7 Å². The molecule has 1 aliphatic heterocycles. The quantitative estimate of drug-likeness (QED) is 0.867. The number of sulfone groups is 1. The van der Waals surface area contributed by atoms with Gasteiger partial charge in [0.15, 0.2) is 15.5 Å². The molecule has 0 aliphatic carbocycles. The number of aliphatic hydroxyl groups excluding tert-OH is 1. The van der Waals surface area contributed by atoms with Gasteiger partial charge in [0.05, 0.1) is 6.20 Å². The molecule has 0 spiro atoms. The van der Waals surface area contributed by atoms with E-state index in [0.29, 0.717) is 5.65 Å². The molecule has 0 aromatic carbocycles. The zero-order chi connectivity index (χ0) is 17.4. The van der Waals surface area contributed by atoms with Crippen molar-refractivity contribution in [1.29, 1.82) is 0 Å². The van der Waals surface area contributed by atoms with Gasteiger partial charge in [0.1, 0.15) is 4.90 Å². The third kappa shape index (κ3) is 3.31. The molecule has 0 bridgehead atoms. The predicted molar refractivity (Wildman–Crippen MR) is 90.4 cm³/mol. The summed E-state index contributed by atoms with van der Waals surface area (Å²) in [6, 6.07) is 0. The number of hydrogen-bond acceptors (Lipinski definition) is 6. The van der Waals surface area contributed by atoms with Crippen molar-refractivity contribution in [3.05, 3.63) is 24.2 Å². The minimum absolute atomic E-state index is 0.00899. The molecule has 2 aromatic heterocycles. The molecule has 0 unspecified atom stereocenters. The van der Waals surface area contributed by atoms with Gasteiger partial charge in [0, 0.05) is 49.3 Å². The Morgan fingerprint density at radius 1 is 1.38 bits per heavy atom. The Kier molecular flexibility index (Phi) is 4.63. The van der Waals surface area contributed by atoms with Crippen LogP contribution in [0.5, 0.6) is 0 Å². The van der Waals surface area contributed by atoms with Crippen LogP contribution in [-0.2, 0) is 16.4 Å². The van der Waals surface area contributed by atoms with E-state index in [1.165, 1.54) is 10.7 Å². The molecule has 0 amide bonds. The maximum absolute atomic E-state index is 11.7. The molecule has 132 valence electrons. The van der Waals surface area contributed by atoms with E-state index in [-0.39, 0.29) is 16.9 Å². The van der Waals surface area contributed by atoms with Gasteiger partial charge in [-0.15, -0.1) is 0 Å². The lowest BCUT2D eigenvalue weighted by Gasteiger charge is -2.41. The van der Waals surface area contributed by atoms with E-state index in [0.717, 1.165) is 50.7 Å². The molecular formula is C16H24N4O3S. The molecule has 7 nitrogen and oxygen atoms in total. The molecule has 0 saturated carbocycles. The summed E-state index contributed by atoms with van der Waals surface area (Å²) in [6.07, 6.45) is 9.15. The zero-order valence-electron chi connectivity index (χ0n) is 14.1. The van der Waals surface area contributed by atoms with Crippen molar-refractivity contribution in [2.24, 2.45) is 5.41 Å². The zero-order valence-corrected chi connectivity index (χ0v) is 15.0. The van der Waals surface area contributed by atoms with E-state index in [1.807, 2.05) is 6.20 Å². The summed E-state index contributed by atoms with van der Waals surface area (Å²) in [5.41, 5.74) is 1.33. The number of aliphatic hydroxyl groups is 1. The minimum atomic E-state index is -3.33. The van der Waals surface area contributed by atoms with Crippen molar-refractivity contribution >= 4 is 15.5 Å². The van der Waals surface area contributed by atoms with E-state index >= 15 is 0 Å². The van der Waals surface area contributed by atoms with Gasteiger partial charge in [-0.1, -0.05) is 6.92 Å². The Hall–Kier alpha value is -1.51. The predicted octanol–water partition coefficient (Wildman–Crippen LogP) is 1.12. The van der Waals surface area contributed by atoms with E-state index in [1.54, 1.807) is 6.20 Å². The highest BCUT2D eigenvalue weighted by Crippen LogP contribution is 2.33. The second-order valence-electron chi connectivity index (χ2n) is 6.84. The van der Waals surface area contributed by atoms with E-state index in [2.05, 4.69) is 21.9 Å². The first-order valence-electron chi connectivity index (χ1n) is 8.22. The Bertz CT molecular complexity index is 827. The van der Waals surface area contributed by atoms with Crippen LogP contribution in [0.25, 0.3) is 5.65 Å². The smallest absolute Gasteiger partial charge is 0.180 e. The molecule has 8 heteroatoms. The van der Waals surface area contributed by atoms with E-state index in [4.69, 9.17) is 0 Å². The molecule has 3 heterocycles. The standard InChI is InChI=1S/C16H24N4O3S/c1-3-16(12-21)5-4-6-19(11-16)9-13-7-17-15-14(24(2,22)23)8-18-20(15)10-13/h7-8,10,21H,3-6,9,11-12H2,1-2H3/t16-/m1/s1. The second kappa shape index (κ2) is 6.42. The lowest BCUT2D eigenvalue weighted by molar-refractivity contribution is 0.0257. The van der Waals surface area contributed by atoms with Crippen LogP contribution in [0.15, 0.2) is 23.5 Å². The van der Waals surface area contributed by atoms with Crippen molar-refractivity contribution in [1.82, 2.24) is 19.5 Å². The molecule has 24 heavy (non-hydrogen) atoms. The Morgan fingerprint density at radius 3 is 2.83 bits per heavy atom. The van der Waals surface area contributed by atoms with E-state index in [9.17, 15) is 13.5 Å². The molecule has 2 aromatic rings. The monoisotopic (exact) mass is 352 g/mol. The van der Waals surface area contributed by atoms with Crippen LogP contribution in [0, 0.1) is 5.41 Å². The summed E-state index contributed by atoms with van der Waals surface area (Å²) in [5.74, 6) is 0. The van der Waals surface area contributed by atoms with Gasteiger partial charge >= 0.3 is 0 Å². The summed E-state index contributed by atoms with van der Waals surface area (Å²) in [6.45, 7) is 4.93. The van der Waals surface area contributed by atoms with Gasteiger partial charge < -0.3 is 5.11 Å². The van der Waals surface area contributed by atoms with Crippen molar-refractivity contribution in [3.8, 4) is 0 Å². The molecule has 1 fully saturated rings. The highest BCUT2D eigenvalue weighted by Gasteiger charge is 2.33. The fraction of sp³-hybridized carbons (Fsp3) is 0.625. The summed E-state index contributed by atoms with van der Waals surface area (Å²) in [4.78, 5) is 6.77. The normalized spacial score (nSPS) is 23.0. The summed E-state index contributed by atoms with van der Waals surface area (Å²) in [5, 5.41) is 13.9. The van der Waals surface area contributed by atoms with Crippen molar-refractivity contribution in [2.45, 2.75) is 37.6 Å². The molecule has 1 N–H and O–H groups in total. The Morgan fingerprint density at radius 2 is 2.17 bits per heavy atom. The summed E-state index contributed by atoms with van der Waals surface area (Å²) < 4.78 is 25.0. The van der Waals surface area contributed by atoms with Crippen molar-refractivity contribution in [3.63, 3.8) is 0 Å². The summed E-state index contributed by atoms with van der Waals surface area (Å²) >= 11 is 0. The lowest BCUT2D eigenvalue weighted by atomic mass is 9.78. The fourth-order valence-electron chi connectivity index (χ4n) is 3.47. The van der Waals surface area contributed by atoms with Gasteiger partial charge in [0.2, 0.25) is 0 Å². The molecule has 0 radical (unpaired) electrons. The van der Waals surface area contributed by atoms with Crippen molar-refractivity contribution in [2.75, 3.05) is 26.0 Å². The van der Waals surface area contributed by atoms with Crippen LogP contribution in [0.3, 0.4) is 0 Å². The lowest BCUT2D eigenvalue weighted by Crippen LogP contribution is -2.44. The number of likely N-dealkylation sites (tertiary alicyclic amines) is 1. The number of hydrogen-bond donors (Lipinski definition) is 1. The first-order valence-corrected chi connectivity index (χ1v) is 10.1. The van der Waals surface area contributed by atoms with Crippen LogP contribution in [0.4, 0.5) is 0 Å². The molecule has 3 rings (SSSR count). The number of aromatic nitrogens is 3. The highest BCUT2D eigenvalue weighted by atomic mass is 32.2. The third-order valence-corrected chi connectivity index (χ3v) is 6.10. The molecule has 1 aliphatic rings. The Balaban J connectivity index is 1.81. The van der Waals surface area contributed by atoms with Gasteiger partial charge in [-0.25, -0.2) is 17.9 Å². The largest absolute Gasteiger partial charge is 0.396 e. The van der Waals surface area contributed by atoms with E-state index < -0.39 is 9.84 Å². The minimum Gasteiger partial charge on any atom is -0.396 e. The average Bonchev–Trinajstić information content (AvgIpc) is 2.98. The molecule has 1 saturated heterocycles. The van der Waals surface area contributed by atoms with Crippen molar-refractivity contribution < 1.29 is 13.5 Å². The van der Waals surface area contributed by atoms with Gasteiger partial charge in [-0.05, 0) is 25.8 Å². The number of nitrogens with zero attached hydrogens (tertiary/aromatic N) is 4. The van der Waals surface area contributed by atoms with Crippen LogP contribution >= 0.6 is 0 Å².